The highest BCUT2D eigenvalue weighted by atomic mass is 35.5. The monoisotopic (exact) mass is 197 g/mol. The van der Waals surface area contributed by atoms with Crippen LogP contribution in [-0.2, 0) is 4.79 Å². The average Bonchev–Trinajstić information content (AvgIpc) is 2.28. The van der Waals surface area contributed by atoms with Crippen LogP contribution in [0.15, 0.2) is 0 Å². The van der Waals surface area contributed by atoms with E-state index in [4.69, 9.17) is 11.6 Å². The Bertz CT molecular complexity index is 196. The lowest BCUT2D eigenvalue weighted by molar-refractivity contribution is -0.130. The second-order valence-corrected chi connectivity index (χ2v) is 3.64. The van der Waals surface area contributed by atoms with Crippen LogP contribution >= 0.6 is 11.6 Å². The molecule has 5 heteroatoms. The third-order valence-corrected chi connectivity index (χ3v) is 2.01. The molecule has 0 aromatic heterocycles. The number of amides is 1. The molecule has 1 aliphatic heterocycles. The lowest BCUT2D eigenvalue weighted by Crippen LogP contribution is -2.35. The molecule has 0 spiro atoms. The van der Waals surface area contributed by atoms with Gasteiger partial charge in [-0.25, -0.2) is 8.78 Å². The van der Waals surface area contributed by atoms with Crippen LogP contribution in [0.2, 0.25) is 0 Å². The molecule has 1 aliphatic rings. The van der Waals surface area contributed by atoms with Gasteiger partial charge in [0.2, 0.25) is 5.91 Å². The van der Waals surface area contributed by atoms with Gasteiger partial charge >= 0.3 is 0 Å². The predicted molar refractivity (Wildman–Crippen MR) is 41.5 cm³/mol. The van der Waals surface area contributed by atoms with Crippen LogP contribution < -0.4 is 0 Å². The van der Waals surface area contributed by atoms with E-state index in [0.29, 0.717) is 0 Å². The first-order valence-corrected chi connectivity index (χ1v) is 4.17. The van der Waals surface area contributed by atoms with Gasteiger partial charge in [0, 0.05) is 13.0 Å². The van der Waals surface area contributed by atoms with E-state index in [1.807, 2.05) is 0 Å². The van der Waals surface area contributed by atoms with Crippen molar-refractivity contribution in [2.24, 2.45) is 0 Å². The normalized spacial score (nSPS) is 24.2. The average molecular weight is 198 g/mol. The van der Waals surface area contributed by atoms with Crippen LogP contribution in [0.4, 0.5) is 8.78 Å². The molecular weight excluding hydrogens is 188 g/mol. The highest BCUT2D eigenvalue weighted by Gasteiger charge is 2.40. The molecule has 0 aliphatic carbocycles. The first-order chi connectivity index (χ1) is 5.42. The Morgan fingerprint density at radius 2 is 2.25 bits per heavy atom. The molecule has 0 bridgehead atoms. The van der Waals surface area contributed by atoms with Crippen LogP contribution in [0, 0.1) is 0 Å². The zero-order chi connectivity index (χ0) is 9.35. The maximum Gasteiger partial charge on any atom is 0.267 e. The smallest absolute Gasteiger partial charge is 0.267 e. The van der Waals surface area contributed by atoms with Crippen molar-refractivity contribution >= 4 is 17.5 Å². The van der Waals surface area contributed by atoms with Gasteiger partial charge in [-0.05, 0) is 6.92 Å². The van der Waals surface area contributed by atoms with Crippen molar-refractivity contribution in [3.05, 3.63) is 0 Å². The second-order valence-electron chi connectivity index (χ2n) is 2.98. The first-order valence-electron chi connectivity index (χ1n) is 3.73. The Morgan fingerprint density at radius 1 is 1.67 bits per heavy atom. The summed E-state index contributed by atoms with van der Waals surface area (Å²) in [4.78, 5) is 12.2. The van der Waals surface area contributed by atoms with Crippen molar-refractivity contribution in [2.45, 2.75) is 24.6 Å². The number of hydrogen-bond acceptors (Lipinski definition) is 1. The SMILES string of the molecule is CC(Cl)C(=O)N1CCC(F)(F)C1. The van der Waals surface area contributed by atoms with Gasteiger partial charge in [-0.3, -0.25) is 4.79 Å². The number of halogens is 3. The molecule has 1 atom stereocenters. The van der Waals surface area contributed by atoms with Crippen molar-refractivity contribution in [1.82, 2.24) is 4.90 Å². The fourth-order valence-corrected chi connectivity index (χ4v) is 1.31. The molecule has 1 saturated heterocycles. The maximum atomic E-state index is 12.6. The molecule has 2 nitrogen and oxygen atoms in total. The number of alkyl halides is 3. The quantitative estimate of drug-likeness (QED) is 0.583. The van der Waals surface area contributed by atoms with Gasteiger partial charge in [0.25, 0.3) is 5.92 Å². The van der Waals surface area contributed by atoms with Crippen LogP contribution in [0.5, 0.6) is 0 Å². The predicted octanol–water partition coefficient (Wildman–Crippen LogP) is 1.48. The second kappa shape index (κ2) is 3.17. The molecule has 1 unspecified atom stereocenters. The minimum absolute atomic E-state index is 0.114. The lowest BCUT2D eigenvalue weighted by Gasteiger charge is -2.16. The van der Waals surface area contributed by atoms with E-state index < -0.39 is 23.8 Å². The Labute approximate surface area is 74.5 Å². The van der Waals surface area contributed by atoms with Crippen molar-refractivity contribution in [2.75, 3.05) is 13.1 Å². The van der Waals surface area contributed by atoms with Crippen molar-refractivity contribution in [1.29, 1.82) is 0 Å². The zero-order valence-corrected chi connectivity index (χ0v) is 7.44. The van der Waals surface area contributed by atoms with E-state index in [2.05, 4.69) is 0 Å². The van der Waals surface area contributed by atoms with Crippen molar-refractivity contribution in [3.63, 3.8) is 0 Å². The molecular formula is C7H10ClF2NO. The Balaban J connectivity index is 2.53. The third kappa shape index (κ3) is 2.06. The van der Waals surface area contributed by atoms with E-state index >= 15 is 0 Å². The highest BCUT2D eigenvalue weighted by Crippen LogP contribution is 2.27. The minimum Gasteiger partial charge on any atom is -0.335 e. The van der Waals surface area contributed by atoms with Gasteiger partial charge in [0.05, 0.1) is 6.54 Å². The van der Waals surface area contributed by atoms with Gasteiger partial charge in [0.1, 0.15) is 5.38 Å². The van der Waals surface area contributed by atoms with Crippen LogP contribution in [-0.4, -0.2) is 35.2 Å². The molecule has 0 saturated carbocycles. The first kappa shape index (κ1) is 9.71. The molecule has 1 amide bonds. The van der Waals surface area contributed by atoms with Gasteiger partial charge in [-0.2, -0.15) is 0 Å². The van der Waals surface area contributed by atoms with Crippen LogP contribution in [0.25, 0.3) is 0 Å². The van der Waals surface area contributed by atoms with Crippen LogP contribution in [0.3, 0.4) is 0 Å². The molecule has 0 radical (unpaired) electrons. The van der Waals surface area contributed by atoms with Gasteiger partial charge in [-0.1, -0.05) is 0 Å². The molecule has 1 heterocycles. The summed E-state index contributed by atoms with van der Waals surface area (Å²) in [5.41, 5.74) is 0. The summed E-state index contributed by atoms with van der Waals surface area (Å²) in [6.07, 6.45) is -0.248. The van der Waals surface area contributed by atoms with Crippen LogP contribution in [0.1, 0.15) is 13.3 Å². The summed E-state index contributed by atoms with van der Waals surface area (Å²) in [6, 6.07) is 0. The fourth-order valence-electron chi connectivity index (χ4n) is 1.18. The summed E-state index contributed by atoms with van der Waals surface area (Å²) < 4.78 is 25.2. The molecule has 0 aromatic carbocycles. The molecule has 70 valence electrons. The lowest BCUT2D eigenvalue weighted by atomic mass is 10.3. The van der Waals surface area contributed by atoms with E-state index in [0.717, 1.165) is 4.90 Å². The largest absolute Gasteiger partial charge is 0.335 e. The topological polar surface area (TPSA) is 20.3 Å². The van der Waals surface area contributed by atoms with Crippen molar-refractivity contribution < 1.29 is 13.6 Å². The Hall–Kier alpha value is -0.380. The van der Waals surface area contributed by atoms with Gasteiger partial charge < -0.3 is 4.90 Å². The van der Waals surface area contributed by atoms with E-state index in [9.17, 15) is 13.6 Å². The summed E-state index contributed by atoms with van der Waals surface area (Å²) >= 11 is 5.47. The van der Waals surface area contributed by atoms with E-state index in [-0.39, 0.29) is 13.0 Å². The fraction of sp³-hybridized carbons (Fsp3) is 0.857. The molecule has 0 N–H and O–H groups in total. The summed E-state index contributed by atoms with van der Waals surface area (Å²) in [6.45, 7) is 1.12. The van der Waals surface area contributed by atoms with Crippen molar-refractivity contribution in [3.8, 4) is 0 Å². The number of rotatable bonds is 1. The third-order valence-electron chi connectivity index (χ3n) is 1.82. The summed E-state index contributed by atoms with van der Waals surface area (Å²) in [5, 5.41) is -0.709. The standard InChI is InChI=1S/C7H10ClF2NO/c1-5(8)6(12)11-3-2-7(9,10)4-11/h5H,2-4H2,1H3. The minimum atomic E-state index is -2.72. The molecule has 12 heavy (non-hydrogen) atoms. The van der Waals surface area contributed by atoms with E-state index in [1.54, 1.807) is 0 Å². The maximum absolute atomic E-state index is 12.6. The molecule has 1 rings (SSSR count). The highest BCUT2D eigenvalue weighted by molar-refractivity contribution is 6.30. The Kier molecular flexibility index (Phi) is 2.56. The van der Waals surface area contributed by atoms with E-state index in [1.165, 1.54) is 6.92 Å². The van der Waals surface area contributed by atoms with Gasteiger partial charge in [-0.15, -0.1) is 11.6 Å². The number of carbonyl (C=O) groups is 1. The number of hydrogen-bond donors (Lipinski definition) is 0. The zero-order valence-electron chi connectivity index (χ0n) is 6.69. The summed E-state index contributed by atoms with van der Waals surface area (Å²) in [7, 11) is 0. The molecule has 1 fully saturated rings. The molecule has 0 aromatic rings. The number of nitrogens with zero attached hydrogens (tertiary/aromatic N) is 1. The Morgan fingerprint density at radius 3 is 2.58 bits per heavy atom. The number of carbonyl (C=O) groups excluding carboxylic acids is 1. The van der Waals surface area contributed by atoms with Gasteiger partial charge in [0.15, 0.2) is 0 Å². The number of likely N-dealkylation sites (tertiary alicyclic amines) is 1. The summed E-state index contributed by atoms with van der Waals surface area (Å²) in [5.74, 6) is -3.13.